The molecule has 0 fully saturated rings. The zero-order valence-electron chi connectivity index (χ0n) is 6.19. The van der Waals surface area contributed by atoms with Crippen molar-refractivity contribution in [2.45, 2.75) is 0 Å². The summed E-state index contributed by atoms with van der Waals surface area (Å²) in [6, 6.07) is 0. The van der Waals surface area contributed by atoms with Crippen LogP contribution in [0, 0.1) is 0 Å². The van der Waals surface area contributed by atoms with Crippen LogP contribution in [0.4, 0.5) is 5.82 Å². The first-order valence-electron chi connectivity index (χ1n) is 2.92. The molecule has 0 aliphatic carbocycles. The van der Waals surface area contributed by atoms with Crippen molar-refractivity contribution in [3.63, 3.8) is 0 Å². The van der Waals surface area contributed by atoms with Gasteiger partial charge >= 0.3 is 0 Å². The Morgan fingerprint density at radius 2 is 2.45 bits per heavy atom. The zero-order valence-corrected chi connectivity index (χ0v) is 6.19. The summed E-state index contributed by atoms with van der Waals surface area (Å²) in [5.41, 5.74) is 0.557. The Balaban J connectivity index is 3.18. The first-order valence-corrected chi connectivity index (χ1v) is 2.92. The highest BCUT2D eigenvalue weighted by atomic mass is 16.7. The van der Waals surface area contributed by atoms with Crippen molar-refractivity contribution < 1.29 is 4.84 Å². The molecule has 1 rings (SSSR count). The van der Waals surface area contributed by atoms with Gasteiger partial charge in [0.2, 0.25) is 5.82 Å². The molecule has 58 valence electrons. The van der Waals surface area contributed by atoms with Gasteiger partial charge in [-0.1, -0.05) is 11.4 Å². The van der Waals surface area contributed by atoms with Crippen molar-refractivity contribution in [2.75, 3.05) is 7.11 Å². The van der Waals surface area contributed by atoms with Gasteiger partial charge in [-0.25, -0.2) is 4.99 Å². The van der Waals surface area contributed by atoms with Gasteiger partial charge in [0.15, 0.2) is 0 Å². The van der Waals surface area contributed by atoms with Crippen LogP contribution >= 0.6 is 0 Å². The zero-order chi connectivity index (χ0) is 8.27. The third-order valence-electron chi connectivity index (χ3n) is 1.16. The molecule has 0 aliphatic rings. The quantitative estimate of drug-likeness (QED) is 0.586. The molecule has 0 aliphatic heterocycles. The van der Waals surface area contributed by atoms with Gasteiger partial charge in [-0.15, -0.1) is 5.10 Å². The van der Waals surface area contributed by atoms with E-state index in [2.05, 4.69) is 28.6 Å². The van der Waals surface area contributed by atoms with Gasteiger partial charge in [-0.3, -0.25) is 0 Å². The molecule has 1 aromatic rings. The predicted octanol–water partition coefficient (Wildman–Crippen LogP) is 0.312. The third kappa shape index (κ3) is 1.12. The van der Waals surface area contributed by atoms with E-state index in [1.165, 1.54) is 18.0 Å². The molecule has 0 unspecified atom stereocenters. The molecule has 5 heteroatoms. The van der Waals surface area contributed by atoms with Crippen molar-refractivity contribution >= 4 is 18.6 Å². The van der Waals surface area contributed by atoms with Crippen LogP contribution in [0.5, 0.6) is 0 Å². The number of aliphatic imine (C=N–C) groups is 1. The first-order chi connectivity index (χ1) is 5.33. The van der Waals surface area contributed by atoms with Gasteiger partial charge in [0.25, 0.3) is 0 Å². The van der Waals surface area contributed by atoms with E-state index < -0.39 is 0 Å². The molecule has 0 atom stereocenters. The topological polar surface area (TPSA) is 52.3 Å². The average Bonchev–Trinajstić information content (AvgIpc) is 2.45. The van der Waals surface area contributed by atoms with Gasteiger partial charge in [-0.2, -0.15) is 0 Å². The number of hydrogen-bond acceptors (Lipinski definition) is 4. The standard InChI is InChI=1S/C6H8N4O/c1-4-5-6(7-2)10(11-3)9-8-5/h4H,1-2H2,3H3. The molecule has 0 spiro atoms. The van der Waals surface area contributed by atoms with E-state index in [1.807, 2.05) is 0 Å². The van der Waals surface area contributed by atoms with Crippen LogP contribution < -0.4 is 4.84 Å². The van der Waals surface area contributed by atoms with Crippen LogP contribution in [0.2, 0.25) is 0 Å². The molecular formula is C6H8N4O. The fourth-order valence-electron chi connectivity index (χ4n) is 0.670. The summed E-state index contributed by atoms with van der Waals surface area (Å²) in [5.74, 6) is 0.461. The SMILES string of the molecule is C=Cc1nnn(OC)c1N=C. The van der Waals surface area contributed by atoms with Crippen LogP contribution in [0.3, 0.4) is 0 Å². The molecule has 0 amide bonds. The summed E-state index contributed by atoms with van der Waals surface area (Å²) in [7, 11) is 1.47. The molecule has 11 heavy (non-hydrogen) atoms. The highest BCUT2D eigenvalue weighted by Gasteiger charge is 2.07. The largest absolute Gasteiger partial charge is 0.397 e. The molecule has 1 aromatic heterocycles. The van der Waals surface area contributed by atoms with Crippen molar-refractivity contribution in [3.8, 4) is 0 Å². The van der Waals surface area contributed by atoms with E-state index >= 15 is 0 Å². The lowest BCUT2D eigenvalue weighted by Gasteiger charge is -1.96. The molecule has 0 aromatic carbocycles. The van der Waals surface area contributed by atoms with Crippen molar-refractivity contribution in [1.29, 1.82) is 0 Å². The van der Waals surface area contributed by atoms with Gasteiger partial charge in [-0.05, 0) is 18.0 Å². The number of rotatable bonds is 3. The summed E-state index contributed by atoms with van der Waals surface area (Å²) >= 11 is 0. The monoisotopic (exact) mass is 152 g/mol. The first kappa shape index (κ1) is 7.46. The van der Waals surface area contributed by atoms with Crippen molar-refractivity contribution in [3.05, 3.63) is 12.3 Å². The lowest BCUT2D eigenvalue weighted by Crippen LogP contribution is -2.06. The minimum atomic E-state index is 0.461. The summed E-state index contributed by atoms with van der Waals surface area (Å²) in [6.07, 6.45) is 1.53. The predicted molar refractivity (Wildman–Crippen MR) is 41.8 cm³/mol. The molecular weight excluding hydrogens is 144 g/mol. The second-order valence-electron chi connectivity index (χ2n) is 1.72. The second kappa shape index (κ2) is 2.96. The van der Waals surface area contributed by atoms with Gasteiger partial charge in [0, 0.05) is 0 Å². The summed E-state index contributed by atoms with van der Waals surface area (Å²) < 4.78 is 0. The van der Waals surface area contributed by atoms with E-state index in [0.717, 1.165) is 0 Å². The Hall–Kier alpha value is -1.65. The number of hydrogen-bond donors (Lipinski definition) is 0. The van der Waals surface area contributed by atoms with Gasteiger partial charge in [0.05, 0.1) is 0 Å². The minimum Gasteiger partial charge on any atom is -0.397 e. The van der Waals surface area contributed by atoms with Crippen LogP contribution in [0.1, 0.15) is 5.69 Å². The maximum atomic E-state index is 4.78. The third-order valence-corrected chi connectivity index (χ3v) is 1.16. The normalized spacial score (nSPS) is 9.18. The fraction of sp³-hybridized carbons (Fsp3) is 0.167. The molecule has 1 heterocycles. The van der Waals surface area contributed by atoms with Crippen LogP contribution in [0.25, 0.3) is 6.08 Å². The molecule has 0 saturated heterocycles. The molecule has 0 N–H and O–H groups in total. The average molecular weight is 152 g/mol. The van der Waals surface area contributed by atoms with E-state index in [0.29, 0.717) is 11.5 Å². The maximum absolute atomic E-state index is 4.78. The lowest BCUT2D eigenvalue weighted by molar-refractivity contribution is 0.133. The molecule has 5 nitrogen and oxygen atoms in total. The molecule has 0 radical (unpaired) electrons. The Labute approximate surface area is 64.0 Å². The molecule has 0 saturated carbocycles. The summed E-state index contributed by atoms with van der Waals surface area (Å²) in [5, 5.41) is 7.33. The van der Waals surface area contributed by atoms with Crippen LogP contribution in [-0.2, 0) is 0 Å². The number of nitrogens with zero attached hydrogens (tertiary/aromatic N) is 4. The van der Waals surface area contributed by atoms with Crippen molar-refractivity contribution in [2.24, 2.45) is 4.99 Å². The summed E-state index contributed by atoms with van der Waals surface area (Å²) in [6.45, 7) is 6.87. The van der Waals surface area contributed by atoms with E-state index in [-0.39, 0.29) is 0 Å². The lowest BCUT2D eigenvalue weighted by atomic mass is 10.4. The molecule has 0 bridgehead atoms. The van der Waals surface area contributed by atoms with E-state index in [9.17, 15) is 0 Å². The van der Waals surface area contributed by atoms with E-state index in [1.54, 1.807) is 0 Å². The second-order valence-corrected chi connectivity index (χ2v) is 1.72. The number of aromatic nitrogens is 3. The summed E-state index contributed by atoms with van der Waals surface area (Å²) in [4.78, 5) is 9.61. The van der Waals surface area contributed by atoms with Crippen molar-refractivity contribution in [1.82, 2.24) is 15.2 Å². The van der Waals surface area contributed by atoms with Crippen LogP contribution in [-0.4, -0.2) is 29.0 Å². The Bertz CT molecular complexity index is 278. The smallest absolute Gasteiger partial charge is 0.218 e. The van der Waals surface area contributed by atoms with Gasteiger partial charge < -0.3 is 4.84 Å². The Kier molecular flexibility index (Phi) is 2.00. The Morgan fingerprint density at radius 1 is 1.73 bits per heavy atom. The highest BCUT2D eigenvalue weighted by molar-refractivity contribution is 5.56. The van der Waals surface area contributed by atoms with Crippen LogP contribution in [0.15, 0.2) is 11.6 Å². The fourth-order valence-corrected chi connectivity index (χ4v) is 0.670. The minimum absolute atomic E-state index is 0.461. The van der Waals surface area contributed by atoms with E-state index in [4.69, 9.17) is 4.84 Å². The Morgan fingerprint density at radius 3 is 2.91 bits per heavy atom. The maximum Gasteiger partial charge on any atom is 0.218 e. The highest BCUT2D eigenvalue weighted by Crippen LogP contribution is 2.14. The van der Waals surface area contributed by atoms with Gasteiger partial charge in [0.1, 0.15) is 12.8 Å².